The van der Waals surface area contributed by atoms with E-state index in [0.29, 0.717) is 18.5 Å². The van der Waals surface area contributed by atoms with Crippen molar-refractivity contribution < 1.29 is 8.78 Å². The number of hydrogen-bond donors (Lipinski definition) is 2. The van der Waals surface area contributed by atoms with Crippen molar-refractivity contribution in [1.29, 1.82) is 0 Å². The van der Waals surface area contributed by atoms with Gasteiger partial charge in [0.25, 0.3) is 0 Å². The molecule has 0 amide bonds. The van der Waals surface area contributed by atoms with E-state index in [9.17, 15) is 8.78 Å². The summed E-state index contributed by atoms with van der Waals surface area (Å²) in [7, 11) is 0. The quantitative estimate of drug-likeness (QED) is 0.682. The second-order valence-corrected chi connectivity index (χ2v) is 3.99. The lowest BCUT2D eigenvalue weighted by molar-refractivity contribution is 0.563. The zero-order valence-electron chi connectivity index (χ0n) is 10.2. The first kappa shape index (κ1) is 14.1. The number of halogens is 2. The smallest absolute Gasteiger partial charge is 0.129 e. The van der Waals surface area contributed by atoms with Gasteiger partial charge in [-0.05, 0) is 37.6 Å². The molecule has 0 bridgehead atoms. The first-order chi connectivity index (χ1) is 8.24. The standard InChI is InChI=1S/C13H20F2N2/c1-2-6-16-8-9-17-7-5-11-3-4-12(14)10-13(11)15/h3-4,10,16-17H,2,5-9H2,1H3. The summed E-state index contributed by atoms with van der Waals surface area (Å²) in [6.45, 7) is 5.63. The van der Waals surface area contributed by atoms with Gasteiger partial charge in [0.1, 0.15) is 11.6 Å². The molecule has 96 valence electrons. The highest BCUT2D eigenvalue weighted by atomic mass is 19.1. The summed E-state index contributed by atoms with van der Waals surface area (Å²) >= 11 is 0. The monoisotopic (exact) mass is 242 g/mol. The summed E-state index contributed by atoms with van der Waals surface area (Å²) in [5, 5.41) is 6.48. The van der Waals surface area contributed by atoms with Crippen LogP contribution in [0.4, 0.5) is 8.78 Å². The van der Waals surface area contributed by atoms with E-state index in [2.05, 4.69) is 17.6 Å². The Morgan fingerprint density at radius 3 is 2.35 bits per heavy atom. The molecule has 0 spiro atoms. The highest BCUT2D eigenvalue weighted by Gasteiger charge is 2.02. The van der Waals surface area contributed by atoms with Crippen LogP contribution in [0.1, 0.15) is 18.9 Å². The molecule has 0 aliphatic heterocycles. The van der Waals surface area contributed by atoms with Crippen LogP contribution in [0.15, 0.2) is 18.2 Å². The van der Waals surface area contributed by atoms with Crippen LogP contribution in [-0.4, -0.2) is 26.2 Å². The molecular formula is C13H20F2N2. The SMILES string of the molecule is CCCNCCNCCc1ccc(F)cc1F. The highest BCUT2D eigenvalue weighted by molar-refractivity contribution is 5.18. The van der Waals surface area contributed by atoms with Crippen molar-refractivity contribution in [3.63, 3.8) is 0 Å². The van der Waals surface area contributed by atoms with E-state index in [4.69, 9.17) is 0 Å². The van der Waals surface area contributed by atoms with Crippen molar-refractivity contribution in [2.24, 2.45) is 0 Å². The molecule has 0 unspecified atom stereocenters. The third kappa shape index (κ3) is 5.75. The minimum atomic E-state index is -0.525. The fraction of sp³-hybridized carbons (Fsp3) is 0.538. The molecule has 2 N–H and O–H groups in total. The molecule has 17 heavy (non-hydrogen) atoms. The lowest BCUT2D eigenvalue weighted by Gasteiger charge is -2.06. The zero-order valence-corrected chi connectivity index (χ0v) is 10.2. The summed E-state index contributed by atoms with van der Waals surface area (Å²) in [4.78, 5) is 0. The maximum atomic E-state index is 13.2. The van der Waals surface area contributed by atoms with Crippen molar-refractivity contribution in [3.8, 4) is 0 Å². The van der Waals surface area contributed by atoms with Crippen LogP contribution < -0.4 is 10.6 Å². The Hall–Kier alpha value is -1.00. The molecule has 1 aromatic carbocycles. The fourth-order valence-electron chi connectivity index (χ4n) is 1.55. The number of benzene rings is 1. The van der Waals surface area contributed by atoms with Gasteiger partial charge in [0, 0.05) is 19.2 Å². The lowest BCUT2D eigenvalue weighted by Crippen LogP contribution is -2.29. The van der Waals surface area contributed by atoms with Gasteiger partial charge in [-0.3, -0.25) is 0 Å². The Kier molecular flexibility index (Phi) is 6.74. The first-order valence-electron chi connectivity index (χ1n) is 6.09. The first-order valence-corrected chi connectivity index (χ1v) is 6.09. The van der Waals surface area contributed by atoms with Gasteiger partial charge < -0.3 is 10.6 Å². The van der Waals surface area contributed by atoms with E-state index in [1.54, 1.807) is 0 Å². The van der Waals surface area contributed by atoms with E-state index in [-0.39, 0.29) is 0 Å². The Bertz CT molecular complexity index is 329. The summed E-state index contributed by atoms with van der Waals surface area (Å²) in [6, 6.07) is 3.72. The Morgan fingerprint density at radius 2 is 1.71 bits per heavy atom. The van der Waals surface area contributed by atoms with Crippen molar-refractivity contribution in [2.75, 3.05) is 26.2 Å². The number of hydrogen-bond acceptors (Lipinski definition) is 2. The molecular weight excluding hydrogens is 222 g/mol. The van der Waals surface area contributed by atoms with E-state index in [0.717, 1.165) is 32.1 Å². The molecule has 0 aromatic heterocycles. The average Bonchev–Trinajstić information content (AvgIpc) is 2.30. The van der Waals surface area contributed by atoms with E-state index >= 15 is 0 Å². The van der Waals surface area contributed by atoms with Crippen LogP contribution in [-0.2, 0) is 6.42 Å². The van der Waals surface area contributed by atoms with E-state index < -0.39 is 11.6 Å². The van der Waals surface area contributed by atoms with Crippen molar-refractivity contribution in [2.45, 2.75) is 19.8 Å². The van der Waals surface area contributed by atoms with Gasteiger partial charge >= 0.3 is 0 Å². The molecule has 4 heteroatoms. The molecule has 1 aromatic rings. The van der Waals surface area contributed by atoms with Crippen molar-refractivity contribution >= 4 is 0 Å². The summed E-state index contributed by atoms with van der Waals surface area (Å²) in [5.74, 6) is -0.987. The van der Waals surface area contributed by atoms with Gasteiger partial charge in [0.2, 0.25) is 0 Å². The van der Waals surface area contributed by atoms with Crippen LogP contribution in [0.25, 0.3) is 0 Å². The molecule has 0 fully saturated rings. The van der Waals surface area contributed by atoms with Gasteiger partial charge in [-0.25, -0.2) is 8.78 Å². The molecule has 2 nitrogen and oxygen atoms in total. The predicted octanol–water partition coefficient (Wildman–Crippen LogP) is 2.10. The molecule has 0 saturated heterocycles. The maximum Gasteiger partial charge on any atom is 0.129 e. The second kappa shape index (κ2) is 8.14. The molecule has 0 atom stereocenters. The summed E-state index contributed by atoms with van der Waals surface area (Å²) in [5.41, 5.74) is 0.556. The molecule has 0 saturated carbocycles. The van der Waals surface area contributed by atoms with Gasteiger partial charge in [0.15, 0.2) is 0 Å². The zero-order chi connectivity index (χ0) is 12.5. The third-order valence-corrected chi connectivity index (χ3v) is 2.49. The largest absolute Gasteiger partial charge is 0.315 e. The number of nitrogens with one attached hydrogen (secondary N) is 2. The second-order valence-electron chi connectivity index (χ2n) is 3.99. The van der Waals surface area contributed by atoms with Crippen molar-refractivity contribution in [1.82, 2.24) is 10.6 Å². The van der Waals surface area contributed by atoms with Crippen LogP contribution in [0.5, 0.6) is 0 Å². The Balaban J connectivity index is 2.14. The van der Waals surface area contributed by atoms with Crippen molar-refractivity contribution in [3.05, 3.63) is 35.4 Å². The maximum absolute atomic E-state index is 13.2. The fourth-order valence-corrected chi connectivity index (χ4v) is 1.55. The number of rotatable bonds is 8. The highest BCUT2D eigenvalue weighted by Crippen LogP contribution is 2.09. The van der Waals surface area contributed by atoms with Gasteiger partial charge in [0.05, 0.1) is 0 Å². The van der Waals surface area contributed by atoms with Gasteiger partial charge in [-0.2, -0.15) is 0 Å². The molecule has 0 aliphatic carbocycles. The third-order valence-electron chi connectivity index (χ3n) is 2.49. The Morgan fingerprint density at radius 1 is 1.00 bits per heavy atom. The van der Waals surface area contributed by atoms with E-state index in [1.807, 2.05) is 0 Å². The molecule has 0 radical (unpaired) electrons. The summed E-state index contributed by atoms with van der Waals surface area (Å²) in [6.07, 6.45) is 1.71. The lowest BCUT2D eigenvalue weighted by atomic mass is 10.1. The van der Waals surface area contributed by atoms with Crippen LogP contribution in [0.2, 0.25) is 0 Å². The molecule has 0 heterocycles. The minimum Gasteiger partial charge on any atom is -0.315 e. The molecule has 0 aliphatic rings. The normalized spacial score (nSPS) is 10.8. The topological polar surface area (TPSA) is 24.1 Å². The summed E-state index contributed by atoms with van der Waals surface area (Å²) < 4.78 is 25.9. The van der Waals surface area contributed by atoms with Gasteiger partial charge in [-0.15, -0.1) is 0 Å². The van der Waals surface area contributed by atoms with Crippen LogP contribution in [0, 0.1) is 11.6 Å². The van der Waals surface area contributed by atoms with Crippen LogP contribution >= 0.6 is 0 Å². The van der Waals surface area contributed by atoms with E-state index in [1.165, 1.54) is 12.1 Å². The van der Waals surface area contributed by atoms with Gasteiger partial charge in [-0.1, -0.05) is 13.0 Å². The Labute approximate surface area is 101 Å². The molecule has 1 rings (SSSR count). The predicted molar refractivity (Wildman–Crippen MR) is 66.1 cm³/mol. The van der Waals surface area contributed by atoms with Crippen LogP contribution in [0.3, 0.4) is 0 Å². The minimum absolute atomic E-state index is 0.462. The average molecular weight is 242 g/mol.